The van der Waals surface area contributed by atoms with Gasteiger partial charge in [0.25, 0.3) is 5.91 Å². The van der Waals surface area contributed by atoms with Crippen LogP contribution in [0.3, 0.4) is 0 Å². The Morgan fingerprint density at radius 3 is 2.78 bits per heavy atom. The van der Waals surface area contributed by atoms with Crippen LogP contribution in [0, 0.1) is 5.41 Å². The van der Waals surface area contributed by atoms with Gasteiger partial charge in [-0.25, -0.2) is 0 Å². The number of hydrogen-bond donors (Lipinski definition) is 2. The van der Waals surface area contributed by atoms with Crippen molar-refractivity contribution in [3.05, 3.63) is 22.4 Å². The SMILES string of the molecule is CCC1(C(=O)O)CCN(C(=O)c2cc(Br)c[nH]2)C1. The number of nitrogens with zero attached hydrogens (tertiary/aromatic N) is 1. The molecule has 1 fully saturated rings. The third-order valence-electron chi connectivity index (χ3n) is 3.65. The van der Waals surface area contributed by atoms with Gasteiger partial charge in [-0.2, -0.15) is 0 Å². The van der Waals surface area contributed by atoms with Crippen LogP contribution in [0.2, 0.25) is 0 Å². The van der Waals surface area contributed by atoms with Crippen molar-refractivity contribution >= 4 is 27.8 Å². The maximum atomic E-state index is 12.2. The number of nitrogens with one attached hydrogen (secondary N) is 1. The fourth-order valence-corrected chi connectivity index (χ4v) is 2.67. The number of H-pyrrole nitrogens is 1. The standard InChI is InChI=1S/C12H15BrN2O3/c1-2-12(11(17)18)3-4-15(7-12)10(16)9-5-8(13)6-14-9/h5-6,14H,2-4,7H2,1H3,(H,17,18). The Balaban J connectivity index is 2.13. The van der Waals surface area contributed by atoms with Crippen molar-refractivity contribution in [2.45, 2.75) is 19.8 Å². The van der Waals surface area contributed by atoms with E-state index in [9.17, 15) is 14.7 Å². The van der Waals surface area contributed by atoms with Crippen LogP contribution < -0.4 is 0 Å². The first-order valence-electron chi connectivity index (χ1n) is 5.85. The average Bonchev–Trinajstić information content (AvgIpc) is 2.95. The van der Waals surface area contributed by atoms with E-state index in [1.54, 1.807) is 17.2 Å². The lowest BCUT2D eigenvalue weighted by Gasteiger charge is -2.22. The highest BCUT2D eigenvalue weighted by Crippen LogP contribution is 2.34. The molecule has 1 saturated heterocycles. The second-order valence-electron chi connectivity index (χ2n) is 4.65. The smallest absolute Gasteiger partial charge is 0.311 e. The van der Waals surface area contributed by atoms with Crippen molar-refractivity contribution < 1.29 is 14.7 Å². The highest BCUT2D eigenvalue weighted by molar-refractivity contribution is 9.10. The molecule has 1 atom stereocenters. The summed E-state index contributed by atoms with van der Waals surface area (Å²) >= 11 is 3.27. The first-order chi connectivity index (χ1) is 8.48. The summed E-state index contributed by atoms with van der Waals surface area (Å²) in [5.41, 5.74) is -0.293. The molecule has 18 heavy (non-hydrogen) atoms. The predicted octanol–water partition coefficient (Wildman–Crippen LogP) is 2.10. The van der Waals surface area contributed by atoms with E-state index in [1.165, 1.54) is 0 Å². The number of aromatic amines is 1. The second kappa shape index (κ2) is 4.76. The van der Waals surface area contributed by atoms with Crippen molar-refractivity contribution in [1.29, 1.82) is 0 Å². The Morgan fingerprint density at radius 2 is 2.33 bits per heavy atom. The summed E-state index contributed by atoms with van der Waals surface area (Å²) in [6, 6.07) is 1.70. The molecular formula is C12H15BrN2O3. The van der Waals surface area contributed by atoms with Crippen molar-refractivity contribution in [3.8, 4) is 0 Å². The van der Waals surface area contributed by atoms with Crippen LogP contribution >= 0.6 is 15.9 Å². The first-order valence-corrected chi connectivity index (χ1v) is 6.64. The minimum absolute atomic E-state index is 0.141. The Morgan fingerprint density at radius 1 is 1.61 bits per heavy atom. The van der Waals surface area contributed by atoms with Crippen molar-refractivity contribution in [1.82, 2.24) is 9.88 Å². The van der Waals surface area contributed by atoms with Gasteiger partial charge < -0.3 is 15.0 Å². The van der Waals surface area contributed by atoms with Crippen molar-refractivity contribution in [2.24, 2.45) is 5.41 Å². The number of carbonyl (C=O) groups excluding carboxylic acids is 1. The van der Waals surface area contributed by atoms with Gasteiger partial charge in [0.05, 0.1) is 5.41 Å². The molecule has 1 unspecified atom stereocenters. The van der Waals surface area contributed by atoms with Crippen molar-refractivity contribution in [2.75, 3.05) is 13.1 Å². The van der Waals surface area contributed by atoms with E-state index in [1.807, 2.05) is 6.92 Å². The maximum absolute atomic E-state index is 12.2. The number of likely N-dealkylation sites (tertiary alicyclic amines) is 1. The van der Waals surface area contributed by atoms with Crippen LogP contribution in [0.25, 0.3) is 0 Å². The summed E-state index contributed by atoms with van der Waals surface area (Å²) in [5, 5.41) is 9.28. The van der Waals surface area contributed by atoms with Gasteiger partial charge in [0.1, 0.15) is 5.69 Å². The number of aliphatic carboxylic acids is 1. The summed E-state index contributed by atoms with van der Waals surface area (Å²) in [6.07, 6.45) is 2.75. The number of carboxylic acid groups (broad SMARTS) is 1. The summed E-state index contributed by atoms with van der Waals surface area (Å²) in [6.45, 7) is 2.64. The number of rotatable bonds is 3. The van der Waals surface area contributed by atoms with E-state index in [-0.39, 0.29) is 12.5 Å². The quantitative estimate of drug-likeness (QED) is 0.897. The molecule has 2 N–H and O–H groups in total. The maximum Gasteiger partial charge on any atom is 0.311 e. The van der Waals surface area contributed by atoms with Gasteiger partial charge in [-0.3, -0.25) is 9.59 Å². The number of amides is 1. The Kier molecular flexibility index (Phi) is 3.47. The molecule has 2 rings (SSSR count). The van der Waals surface area contributed by atoms with Crippen LogP contribution in [0.15, 0.2) is 16.7 Å². The Bertz CT molecular complexity index is 485. The number of hydrogen-bond acceptors (Lipinski definition) is 2. The molecule has 1 aliphatic heterocycles. The van der Waals surface area contributed by atoms with E-state index >= 15 is 0 Å². The zero-order valence-corrected chi connectivity index (χ0v) is 11.7. The molecule has 0 saturated carbocycles. The molecule has 1 amide bonds. The van der Waals surface area contributed by atoms with Crippen LogP contribution in [-0.2, 0) is 4.79 Å². The van der Waals surface area contributed by atoms with E-state index in [4.69, 9.17) is 0 Å². The molecule has 0 aromatic carbocycles. The molecule has 1 aromatic rings. The van der Waals surface area contributed by atoms with Gasteiger partial charge in [0.15, 0.2) is 0 Å². The molecule has 0 radical (unpaired) electrons. The summed E-state index contributed by atoms with van der Waals surface area (Å²) in [4.78, 5) is 28.0. The fourth-order valence-electron chi connectivity index (χ4n) is 2.32. The zero-order valence-electron chi connectivity index (χ0n) is 10.1. The van der Waals surface area contributed by atoms with Gasteiger partial charge in [0, 0.05) is 23.8 Å². The predicted molar refractivity (Wildman–Crippen MR) is 69.4 cm³/mol. The van der Waals surface area contributed by atoms with Gasteiger partial charge >= 0.3 is 5.97 Å². The molecular weight excluding hydrogens is 300 g/mol. The summed E-state index contributed by atoms with van der Waals surface area (Å²) in [5.74, 6) is -0.953. The minimum Gasteiger partial charge on any atom is -0.481 e. The van der Waals surface area contributed by atoms with Crippen LogP contribution in [0.1, 0.15) is 30.3 Å². The minimum atomic E-state index is -0.812. The van der Waals surface area contributed by atoms with E-state index < -0.39 is 11.4 Å². The molecule has 1 aliphatic rings. The topological polar surface area (TPSA) is 73.4 Å². The second-order valence-corrected chi connectivity index (χ2v) is 5.56. The molecule has 98 valence electrons. The third-order valence-corrected chi connectivity index (χ3v) is 4.11. The Hall–Kier alpha value is -1.30. The lowest BCUT2D eigenvalue weighted by molar-refractivity contribution is -0.148. The van der Waals surface area contributed by atoms with E-state index in [2.05, 4.69) is 20.9 Å². The first kappa shape index (κ1) is 13.1. The van der Waals surface area contributed by atoms with Gasteiger partial charge in [0.2, 0.25) is 0 Å². The van der Waals surface area contributed by atoms with Gasteiger partial charge in [-0.05, 0) is 34.8 Å². The number of aromatic nitrogens is 1. The molecule has 0 spiro atoms. The average molecular weight is 315 g/mol. The zero-order chi connectivity index (χ0) is 13.3. The van der Waals surface area contributed by atoms with Crippen LogP contribution in [0.5, 0.6) is 0 Å². The third kappa shape index (κ3) is 2.16. The molecule has 0 bridgehead atoms. The van der Waals surface area contributed by atoms with Gasteiger partial charge in [-0.15, -0.1) is 0 Å². The monoisotopic (exact) mass is 314 g/mol. The molecule has 6 heteroatoms. The fraction of sp³-hybridized carbons (Fsp3) is 0.500. The summed E-state index contributed by atoms with van der Waals surface area (Å²) < 4.78 is 0.810. The van der Waals surface area contributed by atoms with E-state index in [0.29, 0.717) is 25.1 Å². The largest absolute Gasteiger partial charge is 0.481 e. The lowest BCUT2D eigenvalue weighted by Crippen LogP contribution is -2.36. The normalized spacial score (nSPS) is 23.3. The number of carbonyl (C=O) groups is 2. The highest BCUT2D eigenvalue weighted by atomic mass is 79.9. The van der Waals surface area contributed by atoms with E-state index in [0.717, 1.165) is 4.47 Å². The van der Waals surface area contributed by atoms with Gasteiger partial charge in [-0.1, -0.05) is 6.92 Å². The number of halogens is 1. The number of carboxylic acids is 1. The van der Waals surface area contributed by atoms with Crippen LogP contribution in [-0.4, -0.2) is 40.0 Å². The van der Waals surface area contributed by atoms with Crippen LogP contribution in [0.4, 0.5) is 0 Å². The highest BCUT2D eigenvalue weighted by Gasteiger charge is 2.44. The lowest BCUT2D eigenvalue weighted by atomic mass is 9.84. The summed E-state index contributed by atoms with van der Waals surface area (Å²) in [7, 11) is 0. The van der Waals surface area contributed by atoms with Crippen molar-refractivity contribution in [3.63, 3.8) is 0 Å². The molecule has 1 aromatic heterocycles. The molecule has 0 aliphatic carbocycles. The molecule has 5 nitrogen and oxygen atoms in total. The Labute approximate surface area is 113 Å². The molecule has 2 heterocycles.